The van der Waals surface area contributed by atoms with E-state index in [4.69, 9.17) is 0 Å². The van der Waals surface area contributed by atoms with E-state index in [1.165, 1.54) is 6.33 Å². The zero-order valence-corrected chi connectivity index (χ0v) is 10.9. The molecule has 0 unspecified atom stereocenters. The van der Waals surface area contributed by atoms with Crippen LogP contribution in [0.15, 0.2) is 24.6 Å². The Morgan fingerprint density at radius 3 is 2.75 bits per heavy atom. The second-order valence-electron chi connectivity index (χ2n) is 4.97. The topological polar surface area (TPSA) is 84.1 Å². The molecule has 0 aromatic carbocycles. The lowest BCUT2D eigenvalue weighted by molar-refractivity contribution is 0.0510. The van der Waals surface area contributed by atoms with Crippen LogP contribution < -0.4 is 0 Å². The van der Waals surface area contributed by atoms with Crippen LogP contribution in [0.4, 0.5) is 4.39 Å². The molecular formula is C13H15FN4O2. The third kappa shape index (κ3) is 1.66. The molecule has 2 N–H and O–H groups in total. The monoisotopic (exact) mass is 278 g/mol. The molecule has 1 fully saturated rings. The van der Waals surface area contributed by atoms with Gasteiger partial charge in [0, 0.05) is 18.4 Å². The van der Waals surface area contributed by atoms with E-state index in [1.54, 1.807) is 10.9 Å². The first kappa shape index (κ1) is 13.1. The molecule has 0 saturated heterocycles. The zero-order valence-electron chi connectivity index (χ0n) is 10.9. The summed E-state index contributed by atoms with van der Waals surface area (Å²) >= 11 is 0. The summed E-state index contributed by atoms with van der Waals surface area (Å²) in [4.78, 5) is 12.5. The standard InChI is InChI=1S/C13H15FN4O2/c1-7-11-13(16-5-15-7)18(6-17-11)12-8(2-14)9(3-19)10(12)4-20/h2,5-6,9-10,12,19-20H,3-4H2,1H3/b8-2+/t9-,10+,12+/m1/s1. The van der Waals surface area contributed by atoms with Crippen LogP contribution in [-0.4, -0.2) is 42.9 Å². The highest BCUT2D eigenvalue weighted by atomic mass is 19.1. The maximum Gasteiger partial charge on any atom is 0.164 e. The van der Waals surface area contributed by atoms with E-state index in [0.717, 1.165) is 5.69 Å². The molecule has 2 aromatic heterocycles. The second kappa shape index (κ2) is 4.92. The molecule has 20 heavy (non-hydrogen) atoms. The van der Waals surface area contributed by atoms with Crippen LogP contribution in [0, 0.1) is 18.8 Å². The highest BCUT2D eigenvalue weighted by Gasteiger charge is 2.47. The number of aryl methyl sites for hydroxylation is 1. The molecule has 1 aliphatic carbocycles. The number of aliphatic hydroxyl groups excluding tert-OH is 2. The zero-order chi connectivity index (χ0) is 14.3. The normalized spacial score (nSPS) is 28.0. The lowest BCUT2D eigenvalue weighted by atomic mass is 9.66. The molecule has 0 spiro atoms. The van der Waals surface area contributed by atoms with Crippen LogP contribution in [0.3, 0.4) is 0 Å². The molecule has 3 atom stereocenters. The lowest BCUT2D eigenvalue weighted by Gasteiger charge is -2.45. The van der Waals surface area contributed by atoms with Gasteiger partial charge in [-0.05, 0) is 12.5 Å². The summed E-state index contributed by atoms with van der Waals surface area (Å²) in [6.07, 6.45) is 3.53. The van der Waals surface area contributed by atoms with E-state index < -0.39 is 0 Å². The third-order valence-corrected chi connectivity index (χ3v) is 4.07. The van der Waals surface area contributed by atoms with Gasteiger partial charge in [0.25, 0.3) is 0 Å². The van der Waals surface area contributed by atoms with Gasteiger partial charge < -0.3 is 14.8 Å². The van der Waals surface area contributed by atoms with E-state index in [1.807, 2.05) is 6.92 Å². The summed E-state index contributed by atoms with van der Waals surface area (Å²) in [7, 11) is 0. The minimum atomic E-state index is -0.360. The van der Waals surface area contributed by atoms with Crippen molar-refractivity contribution < 1.29 is 14.6 Å². The van der Waals surface area contributed by atoms with Gasteiger partial charge in [0.15, 0.2) is 5.65 Å². The number of imidazole rings is 1. The Balaban J connectivity index is 2.09. The van der Waals surface area contributed by atoms with Crippen LogP contribution in [0.25, 0.3) is 11.2 Å². The molecule has 7 heteroatoms. The van der Waals surface area contributed by atoms with Crippen LogP contribution >= 0.6 is 0 Å². The highest BCUT2D eigenvalue weighted by molar-refractivity contribution is 5.73. The fourth-order valence-electron chi connectivity index (χ4n) is 2.97. The Labute approximate surface area is 114 Å². The van der Waals surface area contributed by atoms with E-state index in [-0.39, 0.29) is 31.1 Å². The van der Waals surface area contributed by atoms with Crippen molar-refractivity contribution in [3.63, 3.8) is 0 Å². The smallest absolute Gasteiger partial charge is 0.164 e. The van der Waals surface area contributed by atoms with Crippen molar-refractivity contribution in [1.29, 1.82) is 0 Å². The third-order valence-electron chi connectivity index (χ3n) is 4.07. The molecule has 0 aliphatic heterocycles. The Hall–Kier alpha value is -1.86. The average molecular weight is 278 g/mol. The number of fused-ring (bicyclic) bond motifs is 1. The van der Waals surface area contributed by atoms with Gasteiger partial charge in [0.1, 0.15) is 11.8 Å². The number of halogens is 1. The van der Waals surface area contributed by atoms with Crippen LogP contribution in [-0.2, 0) is 0 Å². The molecule has 2 heterocycles. The van der Waals surface area contributed by atoms with Gasteiger partial charge in [-0.25, -0.2) is 19.3 Å². The molecule has 2 aromatic rings. The van der Waals surface area contributed by atoms with Crippen LogP contribution in [0.2, 0.25) is 0 Å². The van der Waals surface area contributed by atoms with Crippen molar-refractivity contribution >= 4 is 11.2 Å². The minimum absolute atomic E-state index is 0.128. The summed E-state index contributed by atoms with van der Waals surface area (Å²) in [5.74, 6) is -0.593. The van der Waals surface area contributed by atoms with Crippen molar-refractivity contribution in [2.75, 3.05) is 13.2 Å². The first-order valence-corrected chi connectivity index (χ1v) is 6.39. The predicted molar refractivity (Wildman–Crippen MR) is 69.4 cm³/mol. The first-order chi connectivity index (χ1) is 9.72. The maximum absolute atomic E-state index is 13.1. The fraction of sp³-hybridized carbons (Fsp3) is 0.462. The summed E-state index contributed by atoms with van der Waals surface area (Å²) < 4.78 is 14.8. The van der Waals surface area contributed by atoms with E-state index in [2.05, 4.69) is 15.0 Å². The summed E-state index contributed by atoms with van der Waals surface area (Å²) in [5, 5.41) is 18.8. The molecule has 3 rings (SSSR count). The van der Waals surface area contributed by atoms with E-state index in [0.29, 0.717) is 23.1 Å². The Kier molecular flexibility index (Phi) is 3.23. The Morgan fingerprint density at radius 2 is 2.10 bits per heavy atom. The maximum atomic E-state index is 13.1. The summed E-state index contributed by atoms with van der Waals surface area (Å²) in [5.41, 5.74) is 2.48. The van der Waals surface area contributed by atoms with Gasteiger partial charge >= 0.3 is 0 Å². The van der Waals surface area contributed by atoms with Crippen molar-refractivity contribution in [3.8, 4) is 0 Å². The molecule has 1 saturated carbocycles. The predicted octanol–water partition coefficient (Wildman–Crippen LogP) is 0.760. The molecule has 6 nitrogen and oxygen atoms in total. The van der Waals surface area contributed by atoms with Crippen molar-refractivity contribution in [3.05, 3.63) is 30.3 Å². The van der Waals surface area contributed by atoms with Gasteiger partial charge in [-0.2, -0.15) is 0 Å². The highest BCUT2D eigenvalue weighted by Crippen LogP contribution is 2.49. The van der Waals surface area contributed by atoms with Crippen molar-refractivity contribution in [1.82, 2.24) is 19.5 Å². The van der Waals surface area contributed by atoms with Gasteiger partial charge in [-0.1, -0.05) is 0 Å². The van der Waals surface area contributed by atoms with Gasteiger partial charge in [-0.3, -0.25) is 0 Å². The van der Waals surface area contributed by atoms with Gasteiger partial charge in [0.05, 0.1) is 31.0 Å². The number of aromatic nitrogens is 4. The summed E-state index contributed by atoms with van der Waals surface area (Å²) in [6.45, 7) is 1.52. The number of aliphatic hydroxyl groups is 2. The summed E-state index contributed by atoms with van der Waals surface area (Å²) in [6, 6.07) is -0.360. The van der Waals surface area contributed by atoms with Crippen LogP contribution in [0.5, 0.6) is 0 Å². The lowest BCUT2D eigenvalue weighted by Crippen LogP contribution is -2.45. The second-order valence-corrected chi connectivity index (χ2v) is 4.97. The quantitative estimate of drug-likeness (QED) is 0.866. The van der Waals surface area contributed by atoms with Gasteiger partial charge in [-0.15, -0.1) is 0 Å². The van der Waals surface area contributed by atoms with Gasteiger partial charge in [0.2, 0.25) is 0 Å². The average Bonchev–Trinajstić information content (AvgIpc) is 2.84. The van der Waals surface area contributed by atoms with Crippen molar-refractivity contribution in [2.24, 2.45) is 11.8 Å². The molecule has 0 amide bonds. The fourth-order valence-corrected chi connectivity index (χ4v) is 2.97. The Bertz CT molecular complexity index is 669. The minimum Gasteiger partial charge on any atom is -0.396 e. The molecule has 1 aliphatic rings. The van der Waals surface area contributed by atoms with E-state index >= 15 is 0 Å². The van der Waals surface area contributed by atoms with E-state index in [9.17, 15) is 14.6 Å². The Morgan fingerprint density at radius 1 is 1.30 bits per heavy atom. The molecule has 106 valence electrons. The van der Waals surface area contributed by atoms with Crippen molar-refractivity contribution in [2.45, 2.75) is 13.0 Å². The SMILES string of the molecule is Cc1ncnc2c1ncn2[C@H]1/C(=C/F)[C@@H](CO)[C@@H]1CO. The molecule has 0 bridgehead atoms. The number of hydrogen-bond donors (Lipinski definition) is 2. The van der Waals surface area contributed by atoms with Crippen LogP contribution in [0.1, 0.15) is 11.7 Å². The first-order valence-electron chi connectivity index (χ1n) is 6.39. The number of hydrogen-bond acceptors (Lipinski definition) is 5. The largest absolute Gasteiger partial charge is 0.396 e. The number of rotatable bonds is 3. The molecule has 0 radical (unpaired) electrons. The molecular weight excluding hydrogens is 263 g/mol. The number of nitrogens with zero attached hydrogens (tertiary/aromatic N) is 4.